The van der Waals surface area contributed by atoms with Crippen LogP contribution in [0.3, 0.4) is 0 Å². The highest BCUT2D eigenvalue weighted by molar-refractivity contribution is 5.40. The summed E-state index contributed by atoms with van der Waals surface area (Å²) in [6, 6.07) is 0. The summed E-state index contributed by atoms with van der Waals surface area (Å²) >= 11 is 0. The van der Waals surface area contributed by atoms with Gasteiger partial charge in [-0.1, -0.05) is 0 Å². The van der Waals surface area contributed by atoms with Gasteiger partial charge in [-0.05, 0) is 6.92 Å². The Morgan fingerprint density at radius 3 is 2.93 bits per heavy atom. The zero-order chi connectivity index (χ0) is 10.4. The summed E-state index contributed by atoms with van der Waals surface area (Å²) in [4.78, 5) is 7.62. The molecule has 0 spiro atoms. The van der Waals surface area contributed by atoms with Gasteiger partial charge in [-0.15, -0.1) is 0 Å². The van der Waals surface area contributed by atoms with E-state index in [4.69, 9.17) is 5.11 Å². The molecule has 3 N–H and O–H groups in total. The summed E-state index contributed by atoms with van der Waals surface area (Å²) in [7, 11) is 0. The van der Waals surface area contributed by atoms with E-state index >= 15 is 0 Å². The molecule has 1 aromatic rings. The fourth-order valence-electron chi connectivity index (χ4n) is 0.909. The van der Waals surface area contributed by atoms with E-state index in [1.807, 2.05) is 6.92 Å². The van der Waals surface area contributed by atoms with Gasteiger partial charge in [0, 0.05) is 13.1 Å². The first kappa shape index (κ1) is 10.6. The average molecular weight is 200 g/mol. The highest BCUT2D eigenvalue weighted by Gasteiger charge is 2.04. The van der Waals surface area contributed by atoms with Gasteiger partial charge in [-0.3, -0.25) is 0 Å². The zero-order valence-electron chi connectivity index (χ0n) is 7.92. The lowest BCUT2D eigenvalue weighted by molar-refractivity contribution is 0.310. The van der Waals surface area contributed by atoms with Crippen LogP contribution in [0.15, 0.2) is 6.20 Å². The molecule has 0 fully saturated rings. The molecule has 0 unspecified atom stereocenters. The van der Waals surface area contributed by atoms with Crippen molar-refractivity contribution >= 4 is 11.8 Å². The summed E-state index contributed by atoms with van der Waals surface area (Å²) in [5.74, 6) is -0.0561. The van der Waals surface area contributed by atoms with Crippen LogP contribution in [-0.2, 0) is 0 Å². The summed E-state index contributed by atoms with van der Waals surface area (Å²) in [6.45, 7) is 2.76. The largest absolute Gasteiger partial charge is 0.395 e. The number of aliphatic hydroxyl groups is 1. The van der Waals surface area contributed by atoms with Crippen LogP contribution in [0.4, 0.5) is 16.2 Å². The van der Waals surface area contributed by atoms with Gasteiger partial charge in [0.15, 0.2) is 11.6 Å². The van der Waals surface area contributed by atoms with Gasteiger partial charge in [0.25, 0.3) is 0 Å². The zero-order valence-corrected chi connectivity index (χ0v) is 7.92. The molecule has 14 heavy (non-hydrogen) atoms. The van der Waals surface area contributed by atoms with Crippen molar-refractivity contribution in [1.82, 2.24) is 9.97 Å². The molecule has 0 aliphatic carbocycles. The summed E-state index contributed by atoms with van der Waals surface area (Å²) in [6.07, 6.45) is 1.09. The first-order chi connectivity index (χ1) is 6.77. The Morgan fingerprint density at radius 2 is 2.29 bits per heavy atom. The minimum atomic E-state index is -0.528. The summed E-state index contributed by atoms with van der Waals surface area (Å²) < 4.78 is 13.0. The van der Waals surface area contributed by atoms with E-state index in [0.717, 1.165) is 6.20 Å². The lowest BCUT2D eigenvalue weighted by atomic mass is 10.5. The molecule has 1 aromatic heterocycles. The van der Waals surface area contributed by atoms with Crippen LogP contribution in [0.5, 0.6) is 0 Å². The minimum absolute atomic E-state index is 0.0695. The topological polar surface area (TPSA) is 70.1 Å². The molecule has 0 saturated heterocycles. The first-order valence-electron chi connectivity index (χ1n) is 4.39. The van der Waals surface area contributed by atoms with Gasteiger partial charge in [0.1, 0.15) is 0 Å². The number of aromatic nitrogens is 2. The van der Waals surface area contributed by atoms with Crippen molar-refractivity contribution in [3.63, 3.8) is 0 Å². The number of nitrogens with zero attached hydrogens (tertiary/aromatic N) is 2. The quantitative estimate of drug-likeness (QED) is 0.644. The minimum Gasteiger partial charge on any atom is -0.395 e. The van der Waals surface area contributed by atoms with Crippen LogP contribution in [-0.4, -0.2) is 34.8 Å². The van der Waals surface area contributed by atoms with Gasteiger partial charge in [-0.2, -0.15) is 4.98 Å². The van der Waals surface area contributed by atoms with Crippen LogP contribution in [0.25, 0.3) is 0 Å². The van der Waals surface area contributed by atoms with Crippen LogP contribution < -0.4 is 10.6 Å². The smallest absolute Gasteiger partial charge is 0.224 e. The Morgan fingerprint density at radius 1 is 1.50 bits per heavy atom. The molecule has 0 radical (unpaired) electrons. The van der Waals surface area contributed by atoms with Crippen LogP contribution >= 0.6 is 0 Å². The van der Waals surface area contributed by atoms with Gasteiger partial charge in [-0.25, -0.2) is 9.37 Å². The molecule has 0 aromatic carbocycles. The highest BCUT2D eigenvalue weighted by Crippen LogP contribution is 2.10. The van der Waals surface area contributed by atoms with Crippen molar-refractivity contribution in [2.45, 2.75) is 6.92 Å². The molecule has 0 bridgehead atoms. The molecule has 1 heterocycles. The van der Waals surface area contributed by atoms with Crippen molar-refractivity contribution in [3.05, 3.63) is 12.0 Å². The van der Waals surface area contributed by atoms with Crippen molar-refractivity contribution < 1.29 is 9.50 Å². The first-order valence-corrected chi connectivity index (χ1v) is 4.39. The molecular weight excluding hydrogens is 187 g/mol. The number of halogens is 1. The Bertz CT molecular complexity index is 295. The lowest BCUT2D eigenvalue weighted by Crippen LogP contribution is -2.11. The Kier molecular flexibility index (Phi) is 4.06. The van der Waals surface area contributed by atoms with E-state index in [1.165, 1.54) is 0 Å². The molecule has 0 amide bonds. The molecule has 0 saturated carbocycles. The summed E-state index contributed by atoms with van der Waals surface area (Å²) in [5.41, 5.74) is 0. The Labute approximate surface area is 81.4 Å². The van der Waals surface area contributed by atoms with Crippen molar-refractivity contribution in [2.24, 2.45) is 0 Å². The molecule has 1 rings (SSSR count). The normalized spacial score (nSPS) is 9.93. The second-order valence-electron chi connectivity index (χ2n) is 2.57. The van der Waals surface area contributed by atoms with Crippen LogP contribution in [0, 0.1) is 5.82 Å². The number of rotatable bonds is 5. The van der Waals surface area contributed by atoms with Crippen LogP contribution in [0.1, 0.15) is 6.92 Å². The van der Waals surface area contributed by atoms with Crippen molar-refractivity contribution in [2.75, 3.05) is 30.3 Å². The van der Waals surface area contributed by atoms with Gasteiger partial charge in [0.2, 0.25) is 5.95 Å². The molecule has 78 valence electrons. The van der Waals surface area contributed by atoms with E-state index < -0.39 is 5.82 Å². The monoisotopic (exact) mass is 200 g/mol. The fourth-order valence-corrected chi connectivity index (χ4v) is 0.909. The number of anilines is 2. The Balaban J connectivity index is 2.74. The molecule has 0 aliphatic rings. The third-order valence-corrected chi connectivity index (χ3v) is 1.48. The maximum atomic E-state index is 13.0. The number of aliphatic hydroxyl groups excluding tert-OH is 1. The lowest BCUT2D eigenvalue weighted by Gasteiger charge is -2.06. The predicted molar refractivity (Wildman–Crippen MR) is 51.7 cm³/mol. The Hall–Kier alpha value is -1.43. The second-order valence-corrected chi connectivity index (χ2v) is 2.57. The maximum absolute atomic E-state index is 13.0. The van der Waals surface area contributed by atoms with E-state index in [2.05, 4.69) is 20.6 Å². The van der Waals surface area contributed by atoms with E-state index in [1.54, 1.807) is 0 Å². The SMILES string of the molecule is CCNc1ncc(F)c(NCCO)n1. The number of nitrogens with one attached hydrogen (secondary N) is 2. The molecular formula is C8H13FN4O. The number of hydrogen-bond acceptors (Lipinski definition) is 5. The molecule has 0 atom stereocenters. The number of hydrogen-bond donors (Lipinski definition) is 3. The standard InChI is InChI=1S/C8H13FN4O/c1-2-10-8-12-5-6(9)7(13-8)11-3-4-14/h5,14H,2-4H2,1H3,(H2,10,11,12,13). The van der Waals surface area contributed by atoms with Crippen LogP contribution in [0.2, 0.25) is 0 Å². The second kappa shape index (κ2) is 5.33. The molecule has 6 heteroatoms. The van der Waals surface area contributed by atoms with Gasteiger partial charge < -0.3 is 15.7 Å². The van der Waals surface area contributed by atoms with Crippen molar-refractivity contribution in [1.29, 1.82) is 0 Å². The highest BCUT2D eigenvalue weighted by atomic mass is 19.1. The van der Waals surface area contributed by atoms with E-state index in [0.29, 0.717) is 12.5 Å². The summed E-state index contributed by atoms with van der Waals surface area (Å²) in [5, 5.41) is 14.1. The average Bonchev–Trinajstić information content (AvgIpc) is 2.19. The fraction of sp³-hybridized carbons (Fsp3) is 0.500. The predicted octanol–water partition coefficient (Wildman–Crippen LogP) is 0.452. The molecule has 5 nitrogen and oxygen atoms in total. The van der Waals surface area contributed by atoms with Gasteiger partial charge in [0.05, 0.1) is 12.8 Å². The molecule has 0 aliphatic heterocycles. The third kappa shape index (κ3) is 2.81. The van der Waals surface area contributed by atoms with Gasteiger partial charge >= 0.3 is 0 Å². The van der Waals surface area contributed by atoms with E-state index in [9.17, 15) is 4.39 Å². The van der Waals surface area contributed by atoms with E-state index in [-0.39, 0.29) is 19.0 Å². The maximum Gasteiger partial charge on any atom is 0.224 e. The third-order valence-electron chi connectivity index (χ3n) is 1.48. The van der Waals surface area contributed by atoms with Crippen molar-refractivity contribution in [3.8, 4) is 0 Å².